The third-order valence-electron chi connectivity index (χ3n) is 5.61. The Bertz CT molecular complexity index is 1430. The Hall–Kier alpha value is -4.13. The topological polar surface area (TPSA) is 73.5 Å². The highest BCUT2D eigenvalue weighted by atomic mass is 16.5. The summed E-state index contributed by atoms with van der Waals surface area (Å²) in [6.07, 6.45) is 0. The molecule has 7 nitrogen and oxygen atoms in total. The lowest BCUT2D eigenvalue weighted by atomic mass is 10.2. The van der Waals surface area contributed by atoms with Crippen LogP contribution in [0, 0.1) is 6.92 Å². The van der Waals surface area contributed by atoms with Gasteiger partial charge in [-0.1, -0.05) is 24.3 Å². The SMILES string of the molecule is CCN(C(=O)Cn1c(=O)n(-c2ccc(OC)cc2)c(=O)c2ccccc21)c1cccc(C)c1. The molecule has 0 aliphatic rings. The highest BCUT2D eigenvalue weighted by Crippen LogP contribution is 2.18. The van der Waals surface area contributed by atoms with E-state index in [2.05, 4.69) is 0 Å². The van der Waals surface area contributed by atoms with E-state index in [0.717, 1.165) is 15.8 Å². The molecule has 0 unspecified atom stereocenters. The highest BCUT2D eigenvalue weighted by Gasteiger charge is 2.20. The highest BCUT2D eigenvalue weighted by molar-refractivity contribution is 5.94. The number of likely N-dealkylation sites (N-methyl/N-ethyl adjacent to an activating group) is 1. The first-order valence-electron chi connectivity index (χ1n) is 10.7. The molecular weight excluding hydrogens is 418 g/mol. The van der Waals surface area contributed by atoms with Crippen molar-refractivity contribution in [2.45, 2.75) is 20.4 Å². The molecule has 0 saturated carbocycles. The largest absolute Gasteiger partial charge is 0.497 e. The number of aromatic nitrogens is 2. The number of ether oxygens (including phenoxy) is 1. The molecule has 168 valence electrons. The van der Waals surface area contributed by atoms with Crippen LogP contribution >= 0.6 is 0 Å². The van der Waals surface area contributed by atoms with E-state index >= 15 is 0 Å². The molecule has 0 bridgehead atoms. The van der Waals surface area contributed by atoms with E-state index in [4.69, 9.17) is 4.74 Å². The monoisotopic (exact) mass is 443 g/mol. The van der Waals surface area contributed by atoms with Gasteiger partial charge < -0.3 is 9.64 Å². The van der Waals surface area contributed by atoms with Crippen molar-refractivity contribution in [3.63, 3.8) is 0 Å². The second-order valence-electron chi connectivity index (χ2n) is 7.70. The fourth-order valence-corrected chi connectivity index (χ4v) is 3.95. The number of fused-ring (bicyclic) bond motifs is 1. The molecule has 0 spiro atoms. The summed E-state index contributed by atoms with van der Waals surface area (Å²) in [5, 5.41) is 0.360. The smallest absolute Gasteiger partial charge is 0.336 e. The minimum atomic E-state index is -0.572. The van der Waals surface area contributed by atoms with Crippen LogP contribution in [-0.2, 0) is 11.3 Å². The lowest BCUT2D eigenvalue weighted by molar-refractivity contribution is -0.119. The maximum Gasteiger partial charge on any atom is 0.336 e. The molecule has 0 N–H and O–H groups in total. The molecule has 7 heteroatoms. The molecule has 4 rings (SSSR count). The molecule has 0 aliphatic heterocycles. The summed E-state index contributed by atoms with van der Waals surface area (Å²) in [5.41, 5.74) is 1.63. The van der Waals surface area contributed by atoms with Crippen molar-refractivity contribution in [3.8, 4) is 11.4 Å². The Balaban J connectivity index is 1.85. The number of aryl methyl sites for hydroxylation is 1. The van der Waals surface area contributed by atoms with Crippen molar-refractivity contribution in [3.05, 3.63) is 99.2 Å². The van der Waals surface area contributed by atoms with Gasteiger partial charge in [0.25, 0.3) is 5.56 Å². The molecular formula is C26H25N3O4. The van der Waals surface area contributed by atoms with E-state index in [9.17, 15) is 14.4 Å². The summed E-state index contributed by atoms with van der Waals surface area (Å²) in [7, 11) is 1.55. The summed E-state index contributed by atoms with van der Waals surface area (Å²) in [4.78, 5) is 41.7. The van der Waals surface area contributed by atoms with Crippen molar-refractivity contribution in [2.24, 2.45) is 0 Å². The number of benzene rings is 3. The summed E-state index contributed by atoms with van der Waals surface area (Å²) in [6, 6.07) is 21.2. The van der Waals surface area contributed by atoms with Gasteiger partial charge in [0.15, 0.2) is 0 Å². The summed E-state index contributed by atoms with van der Waals surface area (Å²) >= 11 is 0. The Labute approximate surface area is 191 Å². The van der Waals surface area contributed by atoms with Gasteiger partial charge in [0.2, 0.25) is 5.91 Å². The van der Waals surface area contributed by atoms with Gasteiger partial charge in [-0.25, -0.2) is 9.36 Å². The van der Waals surface area contributed by atoms with Crippen LogP contribution in [0.15, 0.2) is 82.4 Å². The van der Waals surface area contributed by atoms with Crippen molar-refractivity contribution in [1.29, 1.82) is 0 Å². The normalized spacial score (nSPS) is 10.9. The zero-order valence-electron chi connectivity index (χ0n) is 18.8. The van der Waals surface area contributed by atoms with E-state index in [-0.39, 0.29) is 12.5 Å². The van der Waals surface area contributed by atoms with Gasteiger partial charge in [-0.05, 0) is 67.9 Å². The number of carbonyl (C=O) groups excluding carboxylic acids is 1. The Morgan fingerprint density at radius 1 is 0.970 bits per heavy atom. The first-order chi connectivity index (χ1) is 15.9. The van der Waals surface area contributed by atoms with E-state index in [1.54, 1.807) is 60.5 Å². The van der Waals surface area contributed by atoms with Crippen molar-refractivity contribution >= 4 is 22.5 Å². The minimum Gasteiger partial charge on any atom is -0.497 e. The van der Waals surface area contributed by atoms with Crippen molar-refractivity contribution in [1.82, 2.24) is 9.13 Å². The van der Waals surface area contributed by atoms with E-state index in [1.807, 2.05) is 38.1 Å². The standard InChI is InChI=1S/C26H25N3O4/c1-4-27(20-9-7-8-18(2)16-20)24(30)17-28-23-11-6-5-10-22(23)25(31)29(26(28)32)19-12-14-21(33-3)15-13-19/h5-16H,4,17H2,1-3H3. The number of amides is 1. The first-order valence-corrected chi connectivity index (χ1v) is 10.7. The lowest BCUT2D eigenvalue weighted by Gasteiger charge is -2.23. The number of rotatable bonds is 6. The second-order valence-corrected chi connectivity index (χ2v) is 7.70. The van der Waals surface area contributed by atoms with Crippen LogP contribution in [0.2, 0.25) is 0 Å². The number of methoxy groups -OCH3 is 1. The summed E-state index contributed by atoms with van der Waals surface area (Å²) in [5.74, 6) is 0.370. The summed E-state index contributed by atoms with van der Waals surface area (Å²) in [6.45, 7) is 4.11. The molecule has 1 aromatic heterocycles. The Morgan fingerprint density at radius 3 is 2.36 bits per heavy atom. The minimum absolute atomic E-state index is 0.197. The maximum absolute atomic E-state index is 13.5. The van der Waals surface area contributed by atoms with Gasteiger partial charge in [0.1, 0.15) is 12.3 Å². The molecule has 0 saturated heterocycles. The fourth-order valence-electron chi connectivity index (χ4n) is 3.95. The predicted molar refractivity (Wildman–Crippen MR) is 130 cm³/mol. The maximum atomic E-state index is 13.5. The van der Waals surface area contributed by atoms with Gasteiger partial charge in [-0.3, -0.25) is 14.2 Å². The molecule has 1 amide bonds. The molecule has 33 heavy (non-hydrogen) atoms. The van der Waals surface area contributed by atoms with Crippen LogP contribution in [0.5, 0.6) is 5.75 Å². The van der Waals surface area contributed by atoms with Gasteiger partial charge in [-0.15, -0.1) is 0 Å². The molecule has 1 heterocycles. The Morgan fingerprint density at radius 2 is 1.70 bits per heavy atom. The van der Waals surface area contributed by atoms with Gasteiger partial charge >= 0.3 is 5.69 Å². The van der Waals surface area contributed by atoms with Crippen molar-refractivity contribution in [2.75, 3.05) is 18.6 Å². The second kappa shape index (κ2) is 9.16. The first kappa shape index (κ1) is 22.1. The number of carbonyl (C=O) groups is 1. The number of para-hydroxylation sites is 1. The number of nitrogens with zero attached hydrogens (tertiary/aromatic N) is 3. The third-order valence-corrected chi connectivity index (χ3v) is 5.61. The number of hydrogen-bond acceptors (Lipinski definition) is 4. The zero-order chi connectivity index (χ0) is 23.5. The van der Waals surface area contributed by atoms with Crippen LogP contribution in [0.1, 0.15) is 12.5 Å². The van der Waals surface area contributed by atoms with Gasteiger partial charge in [-0.2, -0.15) is 0 Å². The van der Waals surface area contributed by atoms with Crippen LogP contribution in [0.3, 0.4) is 0 Å². The molecule has 0 aliphatic carbocycles. The average Bonchev–Trinajstić information content (AvgIpc) is 2.83. The van der Waals surface area contributed by atoms with Gasteiger partial charge in [0.05, 0.1) is 23.7 Å². The Kier molecular flexibility index (Phi) is 6.13. The zero-order valence-corrected chi connectivity index (χ0v) is 18.8. The van der Waals surface area contributed by atoms with Crippen LogP contribution < -0.4 is 20.9 Å². The number of anilines is 1. The van der Waals surface area contributed by atoms with E-state index < -0.39 is 11.2 Å². The van der Waals surface area contributed by atoms with Crippen LogP contribution in [0.4, 0.5) is 5.69 Å². The summed E-state index contributed by atoms with van der Waals surface area (Å²) < 4.78 is 7.64. The average molecular weight is 444 g/mol. The predicted octanol–water partition coefficient (Wildman–Crippen LogP) is 3.52. The molecule has 4 aromatic rings. The van der Waals surface area contributed by atoms with Gasteiger partial charge in [0, 0.05) is 12.2 Å². The third kappa shape index (κ3) is 4.17. The quantitative estimate of drug-likeness (QED) is 0.457. The van der Waals surface area contributed by atoms with E-state index in [0.29, 0.717) is 28.9 Å². The van der Waals surface area contributed by atoms with E-state index in [1.165, 1.54) is 4.57 Å². The molecule has 0 radical (unpaired) electrons. The lowest BCUT2D eigenvalue weighted by Crippen LogP contribution is -2.43. The van der Waals surface area contributed by atoms with Crippen LogP contribution in [-0.4, -0.2) is 28.7 Å². The molecule has 3 aromatic carbocycles. The fraction of sp³-hybridized carbons (Fsp3) is 0.192. The molecule has 0 fully saturated rings. The van der Waals surface area contributed by atoms with Crippen LogP contribution in [0.25, 0.3) is 16.6 Å². The van der Waals surface area contributed by atoms with Crippen molar-refractivity contribution < 1.29 is 9.53 Å². The molecule has 0 atom stereocenters. The number of hydrogen-bond donors (Lipinski definition) is 0.